The van der Waals surface area contributed by atoms with Crippen molar-refractivity contribution < 1.29 is 44.2 Å². The maximum atomic E-state index is 12.3. The Morgan fingerprint density at radius 2 is 1.69 bits per heavy atom. The molecule has 1 saturated carbocycles. The van der Waals surface area contributed by atoms with Gasteiger partial charge in [-0.25, -0.2) is 0 Å². The first kappa shape index (κ1) is 39.6. The van der Waals surface area contributed by atoms with Crippen LogP contribution in [0.3, 0.4) is 0 Å². The van der Waals surface area contributed by atoms with Gasteiger partial charge in [0, 0.05) is 39.6 Å². The molecule has 0 spiro atoms. The highest BCUT2D eigenvalue weighted by Crippen LogP contribution is 2.32. The van der Waals surface area contributed by atoms with Crippen LogP contribution in [0.25, 0.3) is 0 Å². The van der Waals surface area contributed by atoms with E-state index in [4.69, 9.17) is 18.9 Å². The standard InChI is InChI=1S/C36H62O9/c1-10-11-27(15-21(2)14-22(3)16-32(43-8)35-33(44-9)18-24(5)36(41)45-35)30(39)20-29(38)25(6)34(40)23(4)17-26-12-13-28(37)31(19-26)42-7/h10,15,17,22,24-35,37-40H,1,11-14,16,18-20H2,2-9H3. The lowest BCUT2D eigenvalue weighted by atomic mass is 9.81. The van der Waals surface area contributed by atoms with Gasteiger partial charge in [0.05, 0.1) is 48.6 Å². The van der Waals surface area contributed by atoms with E-state index in [1.54, 1.807) is 34.3 Å². The smallest absolute Gasteiger partial charge is 0.309 e. The molecule has 2 fully saturated rings. The summed E-state index contributed by atoms with van der Waals surface area (Å²) in [7, 11) is 4.87. The van der Waals surface area contributed by atoms with Gasteiger partial charge < -0.3 is 39.4 Å². The second kappa shape index (κ2) is 19.3. The summed E-state index contributed by atoms with van der Waals surface area (Å²) in [6.07, 6.45) is 6.54. The van der Waals surface area contributed by atoms with E-state index >= 15 is 0 Å². The number of methoxy groups -OCH3 is 3. The van der Waals surface area contributed by atoms with Crippen molar-refractivity contribution in [3.8, 4) is 0 Å². The molecule has 45 heavy (non-hydrogen) atoms. The minimum absolute atomic E-state index is 0.125. The number of allylic oxidation sites excluding steroid dienone is 3. The molecule has 9 nitrogen and oxygen atoms in total. The van der Waals surface area contributed by atoms with Crippen LogP contribution in [-0.4, -0.2) is 96.6 Å². The summed E-state index contributed by atoms with van der Waals surface area (Å²) < 4.78 is 22.5. The number of esters is 1. The van der Waals surface area contributed by atoms with E-state index in [1.165, 1.54) is 0 Å². The third-order valence-electron chi connectivity index (χ3n) is 9.97. The molecule has 0 amide bonds. The van der Waals surface area contributed by atoms with E-state index in [1.807, 2.05) is 26.8 Å². The third-order valence-corrected chi connectivity index (χ3v) is 9.97. The fourth-order valence-corrected chi connectivity index (χ4v) is 7.09. The Balaban J connectivity index is 1.99. The Bertz CT molecular complexity index is 964. The maximum absolute atomic E-state index is 12.3. The van der Waals surface area contributed by atoms with Crippen LogP contribution in [0.15, 0.2) is 36.0 Å². The molecule has 260 valence electrons. The fraction of sp³-hybridized carbons (Fsp3) is 0.806. The van der Waals surface area contributed by atoms with Crippen LogP contribution in [0.5, 0.6) is 0 Å². The van der Waals surface area contributed by atoms with Gasteiger partial charge in [0.2, 0.25) is 0 Å². The molecule has 13 atom stereocenters. The van der Waals surface area contributed by atoms with E-state index in [9.17, 15) is 25.2 Å². The zero-order valence-electron chi connectivity index (χ0n) is 28.9. The van der Waals surface area contributed by atoms with Gasteiger partial charge in [-0.1, -0.05) is 44.6 Å². The van der Waals surface area contributed by atoms with Gasteiger partial charge in [-0.15, -0.1) is 6.58 Å². The van der Waals surface area contributed by atoms with Crippen molar-refractivity contribution in [2.75, 3.05) is 21.3 Å². The maximum Gasteiger partial charge on any atom is 0.309 e. The molecule has 2 aliphatic rings. The van der Waals surface area contributed by atoms with Gasteiger partial charge in [0.25, 0.3) is 0 Å². The van der Waals surface area contributed by atoms with Crippen molar-refractivity contribution in [3.63, 3.8) is 0 Å². The van der Waals surface area contributed by atoms with Crippen LogP contribution in [0.2, 0.25) is 0 Å². The molecule has 13 unspecified atom stereocenters. The molecule has 1 heterocycles. The molecule has 0 aromatic rings. The van der Waals surface area contributed by atoms with E-state index < -0.39 is 36.4 Å². The van der Waals surface area contributed by atoms with Crippen molar-refractivity contribution in [1.29, 1.82) is 0 Å². The SMILES string of the molecule is C=CCC(C=C(C)CC(C)CC(OC)C1OC(=O)C(C)CC1OC)C(O)CC(O)C(C)C(O)C(C)=CC1CCC(O)C(OC)C1. The number of carbonyl (C=O) groups is 1. The largest absolute Gasteiger partial charge is 0.457 e. The summed E-state index contributed by atoms with van der Waals surface area (Å²) in [4.78, 5) is 12.3. The fourth-order valence-electron chi connectivity index (χ4n) is 7.09. The number of rotatable bonds is 18. The lowest BCUT2D eigenvalue weighted by molar-refractivity contribution is -0.189. The van der Waals surface area contributed by atoms with Gasteiger partial charge in [-0.2, -0.15) is 0 Å². The van der Waals surface area contributed by atoms with E-state index in [-0.39, 0.29) is 54.4 Å². The summed E-state index contributed by atoms with van der Waals surface area (Å²) in [5.41, 5.74) is 1.89. The van der Waals surface area contributed by atoms with Crippen LogP contribution in [-0.2, 0) is 23.7 Å². The van der Waals surface area contributed by atoms with Gasteiger partial charge in [0.15, 0.2) is 6.10 Å². The topological polar surface area (TPSA) is 135 Å². The average molecular weight is 639 g/mol. The Hall–Kier alpha value is -1.59. The summed E-state index contributed by atoms with van der Waals surface area (Å²) in [5, 5.41) is 43.4. The lowest BCUT2D eigenvalue weighted by Crippen LogP contribution is -2.49. The number of aliphatic hydroxyl groups is 4. The third kappa shape index (κ3) is 11.9. The zero-order valence-corrected chi connectivity index (χ0v) is 28.9. The number of hydrogen-bond donors (Lipinski definition) is 4. The van der Waals surface area contributed by atoms with Crippen molar-refractivity contribution in [2.45, 2.75) is 135 Å². The van der Waals surface area contributed by atoms with E-state index in [0.717, 1.165) is 24.0 Å². The highest BCUT2D eigenvalue weighted by Gasteiger charge is 2.41. The number of carbonyl (C=O) groups excluding carboxylic acids is 1. The first-order valence-electron chi connectivity index (χ1n) is 16.7. The number of aliphatic hydroxyl groups excluding tert-OH is 4. The second-order valence-electron chi connectivity index (χ2n) is 13.8. The molecule has 2 rings (SSSR count). The predicted octanol–water partition coefficient (Wildman–Crippen LogP) is 4.75. The van der Waals surface area contributed by atoms with Crippen molar-refractivity contribution in [1.82, 2.24) is 0 Å². The van der Waals surface area contributed by atoms with Gasteiger partial charge in [0.1, 0.15) is 0 Å². The number of ether oxygens (including phenoxy) is 4. The second-order valence-corrected chi connectivity index (χ2v) is 13.8. The predicted molar refractivity (Wildman–Crippen MR) is 175 cm³/mol. The van der Waals surface area contributed by atoms with Gasteiger partial charge in [-0.3, -0.25) is 4.79 Å². The number of hydrogen-bond acceptors (Lipinski definition) is 9. The monoisotopic (exact) mass is 638 g/mol. The minimum Gasteiger partial charge on any atom is -0.457 e. The van der Waals surface area contributed by atoms with Crippen LogP contribution < -0.4 is 0 Å². The summed E-state index contributed by atoms with van der Waals surface area (Å²) in [5.74, 6) is -0.728. The molecule has 4 N–H and O–H groups in total. The first-order chi connectivity index (χ1) is 21.3. The van der Waals surface area contributed by atoms with E-state index in [0.29, 0.717) is 32.1 Å². The minimum atomic E-state index is -0.907. The lowest BCUT2D eigenvalue weighted by Gasteiger charge is -2.38. The van der Waals surface area contributed by atoms with Crippen molar-refractivity contribution in [2.24, 2.45) is 29.6 Å². The van der Waals surface area contributed by atoms with Crippen LogP contribution in [0, 0.1) is 29.6 Å². The number of cyclic esters (lactones) is 1. The highest BCUT2D eigenvalue weighted by atomic mass is 16.6. The van der Waals surface area contributed by atoms with Crippen LogP contribution >= 0.6 is 0 Å². The molecule has 0 bridgehead atoms. The molecule has 0 radical (unpaired) electrons. The molecule has 0 aromatic heterocycles. The molecular formula is C36H62O9. The van der Waals surface area contributed by atoms with Gasteiger partial charge in [-0.05, 0) is 76.2 Å². The van der Waals surface area contributed by atoms with Crippen LogP contribution in [0.1, 0.15) is 86.0 Å². The zero-order chi connectivity index (χ0) is 33.8. The Kier molecular flexibility index (Phi) is 17.0. The quantitative estimate of drug-likeness (QED) is 0.124. The normalized spacial score (nSPS) is 31.3. The van der Waals surface area contributed by atoms with Crippen LogP contribution in [0.4, 0.5) is 0 Å². The molecule has 1 aliphatic carbocycles. The summed E-state index contributed by atoms with van der Waals surface area (Å²) >= 11 is 0. The molecule has 1 saturated heterocycles. The average Bonchev–Trinajstić information content (AvgIpc) is 3.00. The Labute approximate surface area is 271 Å². The Morgan fingerprint density at radius 1 is 1.02 bits per heavy atom. The van der Waals surface area contributed by atoms with E-state index in [2.05, 4.69) is 19.6 Å². The molecule has 1 aliphatic heterocycles. The highest BCUT2D eigenvalue weighted by molar-refractivity contribution is 5.73. The first-order valence-corrected chi connectivity index (χ1v) is 16.7. The van der Waals surface area contributed by atoms with Crippen molar-refractivity contribution >= 4 is 5.97 Å². The Morgan fingerprint density at radius 3 is 2.29 bits per heavy atom. The summed E-state index contributed by atoms with van der Waals surface area (Å²) in [6, 6.07) is 0. The molecule has 9 heteroatoms. The van der Waals surface area contributed by atoms with Gasteiger partial charge >= 0.3 is 5.97 Å². The molecular weight excluding hydrogens is 576 g/mol. The van der Waals surface area contributed by atoms with Crippen molar-refractivity contribution in [3.05, 3.63) is 36.0 Å². The summed E-state index contributed by atoms with van der Waals surface area (Å²) in [6.45, 7) is 13.6. The molecule has 0 aromatic carbocycles.